The van der Waals surface area contributed by atoms with E-state index in [4.69, 9.17) is 0 Å². The highest BCUT2D eigenvalue weighted by Gasteiger charge is 1.85. The second-order valence-electron chi connectivity index (χ2n) is 2.66. The van der Waals surface area contributed by atoms with Gasteiger partial charge in [-0.05, 0) is 19.1 Å². The van der Waals surface area contributed by atoms with Gasteiger partial charge < -0.3 is 0 Å². The van der Waals surface area contributed by atoms with Crippen molar-refractivity contribution in [3.05, 3.63) is 48.6 Å². The van der Waals surface area contributed by atoms with Crippen LogP contribution >= 0.6 is 0 Å². The number of allylic oxidation sites excluding steroid dienone is 1. The van der Waals surface area contributed by atoms with E-state index in [-0.39, 0.29) is 5.92 Å². The Bertz CT molecular complexity index is 298. The third kappa shape index (κ3) is 2.64. The monoisotopic (exact) mass is 156 g/mol. The van der Waals surface area contributed by atoms with Crippen LogP contribution in [0.3, 0.4) is 0 Å². The van der Waals surface area contributed by atoms with E-state index in [0.29, 0.717) is 0 Å². The molecule has 0 radical (unpaired) electrons. The maximum absolute atomic E-state index is 3.67. The molecular formula is C12H12. The molecule has 0 aliphatic heterocycles. The van der Waals surface area contributed by atoms with E-state index in [1.807, 2.05) is 43.3 Å². The zero-order valence-electron chi connectivity index (χ0n) is 7.25. The van der Waals surface area contributed by atoms with E-state index in [9.17, 15) is 0 Å². The van der Waals surface area contributed by atoms with Crippen molar-refractivity contribution in [2.75, 3.05) is 0 Å². The molecule has 0 aliphatic rings. The van der Waals surface area contributed by atoms with Gasteiger partial charge in [0.1, 0.15) is 0 Å². The molecule has 1 aromatic carbocycles. The Kier molecular flexibility index (Phi) is 3.17. The summed E-state index contributed by atoms with van der Waals surface area (Å²) in [4.78, 5) is 0. The van der Waals surface area contributed by atoms with Crippen molar-refractivity contribution in [1.29, 1.82) is 0 Å². The van der Waals surface area contributed by atoms with Crippen LogP contribution in [0.1, 0.15) is 12.5 Å². The quantitative estimate of drug-likeness (QED) is 0.433. The number of rotatable bonds is 1. The topological polar surface area (TPSA) is 0 Å². The Morgan fingerprint density at radius 1 is 1.33 bits per heavy atom. The normalized spacial score (nSPS) is 11.1. The van der Waals surface area contributed by atoms with Gasteiger partial charge in [-0.25, -0.2) is 0 Å². The minimum Gasteiger partial charge on any atom is -0.102 e. The summed E-state index contributed by atoms with van der Waals surface area (Å²) in [6.45, 7) is 5.70. The molecule has 0 spiro atoms. The fourth-order valence-electron chi connectivity index (χ4n) is 0.778. The lowest BCUT2D eigenvalue weighted by molar-refractivity contribution is 0.985. The molecule has 0 heterocycles. The third-order valence-corrected chi connectivity index (χ3v) is 1.57. The van der Waals surface area contributed by atoms with E-state index in [0.717, 1.165) is 5.56 Å². The molecule has 12 heavy (non-hydrogen) atoms. The van der Waals surface area contributed by atoms with Gasteiger partial charge in [-0.3, -0.25) is 0 Å². The average molecular weight is 156 g/mol. The molecule has 0 N–H and O–H groups in total. The largest absolute Gasteiger partial charge is 0.102 e. The van der Waals surface area contributed by atoms with Crippen LogP contribution in [0, 0.1) is 17.8 Å². The second kappa shape index (κ2) is 4.41. The second-order valence-corrected chi connectivity index (χ2v) is 2.66. The Labute approximate surface area is 73.9 Å². The van der Waals surface area contributed by atoms with Gasteiger partial charge in [0.15, 0.2) is 0 Å². The summed E-state index contributed by atoms with van der Waals surface area (Å²) >= 11 is 0. The van der Waals surface area contributed by atoms with Crippen LogP contribution in [0.5, 0.6) is 0 Å². The predicted molar refractivity (Wildman–Crippen MR) is 52.7 cm³/mol. The Hall–Kier alpha value is -1.48. The Balaban J connectivity index is 2.73. The predicted octanol–water partition coefficient (Wildman–Crippen LogP) is 2.86. The van der Waals surface area contributed by atoms with Crippen LogP contribution in [0.2, 0.25) is 0 Å². The molecule has 0 amide bonds. The summed E-state index contributed by atoms with van der Waals surface area (Å²) in [6.07, 6.45) is 1.84. The first-order valence-electron chi connectivity index (χ1n) is 4.02. The van der Waals surface area contributed by atoms with E-state index in [2.05, 4.69) is 18.4 Å². The number of hydrogen-bond acceptors (Lipinski definition) is 0. The molecule has 0 bridgehead atoms. The van der Waals surface area contributed by atoms with Gasteiger partial charge in [0, 0.05) is 11.5 Å². The molecule has 0 saturated carbocycles. The summed E-state index contributed by atoms with van der Waals surface area (Å²) in [5.41, 5.74) is 1.06. The van der Waals surface area contributed by atoms with E-state index in [1.54, 1.807) is 0 Å². The number of hydrogen-bond donors (Lipinski definition) is 0. The minimum absolute atomic E-state index is 0.269. The van der Waals surface area contributed by atoms with Gasteiger partial charge in [0.25, 0.3) is 0 Å². The first kappa shape index (κ1) is 8.62. The Morgan fingerprint density at radius 2 is 2.00 bits per heavy atom. The maximum atomic E-state index is 3.67. The third-order valence-electron chi connectivity index (χ3n) is 1.57. The molecule has 0 saturated heterocycles. The summed E-state index contributed by atoms with van der Waals surface area (Å²) in [6, 6.07) is 9.97. The van der Waals surface area contributed by atoms with Gasteiger partial charge in [-0.2, -0.15) is 0 Å². The van der Waals surface area contributed by atoms with Crippen LogP contribution in [0.15, 0.2) is 43.0 Å². The van der Waals surface area contributed by atoms with E-state index in [1.165, 1.54) is 0 Å². The molecule has 0 nitrogen and oxygen atoms in total. The van der Waals surface area contributed by atoms with Crippen LogP contribution in [0.25, 0.3) is 0 Å². The molecule has 1 aromatic rings. The SMILES string of the molecule is C=CC(C)C#Cc1ccccc1. The highest BCUT2D eigenvalue weighted by Crippen LogP contribution is 1.97. The molecule has 0 fully saturated rings. The molecule has 0 heteroatoms. The van der Waals surface area contributed by atoms with Crippen molar-refractivity contribution in [1.82, 2.24) is 0 Å². The highest BCUT2D eigenvalue weighted by molar-refractivity contribution is 5.34. The molecule has 60 valence electrons. The zero-order valence-corrected chi connectivity index (χ0v) is 7.25. The van der Waals surface area contributed by atoms with Crippen molar-refractivity contribution >= 4 is 0 Å². The van der Waals surface area contributed by atoms with E-state index < -0.39 is 0 Å². The highest BCUT2D eigenvalue weighted by atomic mass is 13.9. The summed E-state index contributed by atoms with van der Waals surface area (Å²) in [7, 11) is 0. The standard InChI is InChI=1S/C12H12/c1-3-11(2)9-10-12-7-5-4-6-8-12/h3-8,11H,1H2,2H3. The van der Waals surface area contributed by atoms with Gasteiger partial charge in [-0.1, -0.05) is 36.1 Å². The molecule has 1 rings (SSSR count). The number of benzene rings is 1. The summed E-state index contributed by atoms with van der Waals surface area (Å²) in [5.74, 6) is 6.42. The fourth-order valence-corrected chi connectivity index (χ4v) is 0.778. The first-order valence-corrected chi connectivity index (χ1v) is 4.02. The first-order chi connectivity index (χ1) is 5.83. The molecule has 1 atom stereocenters. The Morgan fingerprint density at radius 3 is 2.58 bits per heavy atom. The van der Waals surface area contributed by atoms with Gasteiger partial charge in [0.2, 0.25) is 0 Å². The molecular weight excluding hydrogens is 144 g/mol. The average Bonchev–Trinajstić information content (AvgIpc) is 2.16. The van der Waals surface area contributed by atoms with Gasteiger partial charge in [-0.15, -0.1) is 6.58 Å². The lowest BCUT2D eigenvalue weighted by Gasteiger charge is -1.90. The summed E-state index contributed by atoms with van der Waals surface area (Å²) < 4.78 is 0. The van der Waals surface area contributed by atoms with Crippen molar-refractivity contribution < 1.29 is 0 Å². The lowest BCUT2D eigenvalue weighted by Crippen LogP contribution is -1.81. The zero-order chi connectivity index (χ0) is 8.81. The van der Waals surface area contributed by atoms with Crippen LogP contribution < -0.4 is 0 Å². The van der Waals surface area contributed by atoms with Gasteiger partial charge >= 0.3 is 0 Å². The molecule has 0 aliphatic carbocycles. The smallest absolute Gasteiger partial charge is 0.0355 e. The van der Waals surface area contributed by atoms with Crippen LogP contribution in [-0.4, -0.2) is 0 Å². The maximum Gasteiger partial charge on any atom is 0.0355 e. The van der Waals surface area contributed by atoms with Crippen LogP contribution in [-0.2, 0) is 0 Å². The minimum atomic E-state index is 0.269. The van der Waals surface area contributed by atoms with Crippen molar-refractivity contribution in [2.45, 2.75) is 6.92 Å². The van der Waals surface area contributed by atoms with Crippen LogP contribution in [0.4, 0.5) is 0 Å². The van der Waals surface area contributed by atoms with Crippen molar-refractivity contribution in [2.24, 2.45) is 5.92 Å². The van der Waals surface area contributed by atoms with Gasteiger partial charge in [0.05, 0.1) is 0 Å². The molecule has 0 aromatic heterocycles. The van der Waals surface area contributed by atoms with Crippen molar-refractivity contribution in [3.63, 3.8) is 0 Å². The van der Waals surface area contributed by atoms with Crippen molar-refractivity contribution in [3.8, 4) is 11.8 Å². The lowest BCUT2D eigenvalue weighted by atomic mass is 10.1. The van der Waals surface area contributed by atoms with E-state index >= 15 is 0 Å². The molecule has 1 unspecified atom stereocenters. The fraction of sp³-hybridized carbons (Fsp3) is 0.167. The summed E-state index contributed by atoms with van der Waals surface area (Å²) in [5, 5.41) is 0.